The van der Waals surface area contributed by atoms with Gasteiger partial charge in [0.05, 0.1) is 12.5 Å². The van der Waals surface area contributed by atoms with Crippen molar-refractivity contribution in [2.75, 3.05) is 31.2 Å². The summed E-state index contributed by atoms with van der Waals surface area (Å²) in [5, 5.41) is 0. The Kier molecular flexibility index (Phi) is 6.18. The number of nitrogens with zero attached hydrogens (tertiary/aromatic N) is 2. The molecule has 7 heteroatoms. The van der Waals surface area contributed by atoms with Gasteiger partial charge in [-0.1, -0.05) is 0 Å². The molecule has 25 heavy (non-hydrogen) atoms. The number of likely N-dealkylation sites (tertiary alicyclic amines) is 1. The Hall–Kier alpha value is -1.76. The Morgan fingerprint density at radius 3 is 2.80 bits per heavy atom. The van der Waals surface area contributed by atoms with E-state index in [1.165, 1.54) is 0 Å². The molecule has 1 aromatic rings. The monoisotopic (exact) mass is 364 g/mol. The van der Waals surface area contributed by atoms with E-state index in [0.717, 1.165) is 17.9 Å². The number of rotatable bonds is 5. The van der Waals surface area contributed by atoms with Crippen LogP contribution < -0.4 is 4.74 Å². The minimum atomic E-state index is -0.149. The van der Waals surface area contributed by atoms with Crippen LogP contribution >= 0.6 is 11.8 Å². The van der Waals surface area contributed by atoms with Crippen LogP contribution in [0.5, 0.6) is 5.88 Å². The summed E-state index contributed by atoms with van der Waals surface area (Å²) in [5.74, 6) is 2.32. The van der Waals surface area contributed by atoms with Crippen LogP contribution in [0.4, 0.5) is 0 Å². The average molecular weight is 364 g/mol. The molecule has 0 spiro atoms. The van der Waals surface area contributed by atoms with E-state index in [9.17, 15) is 9.59 Å². The molecule has 2 fully saturated rings. The molecule has 0 saturated carbocycles. The highest BCUT2D eigenvalue weighted by Crippen LogP contribution is 2.24. The van der Waals surface area contributed by atoms with Gasteiger partial charge in [-0.25, -0.2) is 4.98 Å². The number of carbonyl (C=O) groups is 2. The highest BCUT2D eigenvalue weighted by molar-refractivity contribution is 7.99. The van der Waals surface area contributed by atoms with Crippen molar-refractivity contribution in [1.29, 1.82) is 0 Å². The van der Waals surface area contributed by atoms with Gasteiger partial charge >= 0.3 is 5.97 Å². The van der Waals surface area contributed by atoms with Crippen molar-refractivity contribution in [3.05, 3.63) is 23.9 Å². The van der Waals surface area contributed by atoms with Gasteiger partial charge in [0.25, 0.3) is 5.91 Å². The first-order chi connectivity index (χ1) is 12.2. The van der Waals surface area contributed by atoms with Crippen molar-refractivity contribution in [2.45, 2.75) is 32.3 Å². The number of piperidine rings is 1. The van der Waals surface area contributed by atoms with Gasteiger partial charge in [-0.15, -0.1) is 0 Å². The standard InChI is InChI=1S/C18H24N2O4S/c1-2-23-18(22)13-4-8-20(9-5-13)17(21)14-3-7-19-16(11-14)24-15-6-10-25-12-15/h3,7,11,13,15H,2,4-6,8-10,12H2,1H3/t15-/m1/s1. The molecule has 1 amide bonds. The van der Waals surface area contributed by atoms with Crippen LogP contribution in [0.25, 0.3) is 0 Å². The fourth-order valence-corrected chi connectivity index (χ4v) is 4.24. The summed E-state index contributed by atoms with van der Waals surface area (Å²) >= 11 is 1.87. The lowest BCUT2D eigenvalue weighted by Crippen LogP contribution is -2.40. The molecular weight excluding hydrogens is 340 g/mol. The molecule has 0 radical (unpaired) electrons. The molecule has 2 saturated heterocycles. The lowest BCUT2D eigenvalue weighted by molar-refractivity contribution is -0.149. The van der Waals surface area contributed by atoms with Gasteiger partial charge in [-0.3, -0.25) is 9.59 Å². The number of aromatic nitrogens is 1. The quantitative estimate of drug-likeness (QED) is 0.747. The number of ether oxygens (including phenoxy) is 2. The van der Waals surface area contributed by atoms with E-state index in [0.29, 0.717) is 44.0 Å². The lowest BCUT2D eigenvalue weighted by Gasteiger charge is -2.31. The van der Waals surface area contributed by atoms with E-state index in [4.69, 9.17) is 9.47 Å². The van der Waals surface area contributed by atoms with Crippen molar-refractivity contribution < 1.29 is 19.1 Å². The minimum Gasteiger partial charge on any atom is -0.473 e. The maximum absolute atomic E-state index is 12.7. The number of thioether (sulfide) groups is 1. The van der Waals surface area contributed by atoms with Gasteiger partial charge < -0.3 is 14.4 Å². The van der Waals surface area contributed by atoms with Gasteiger partial charge in [0.15, 0.2) is 0 Å². The normalized spacial score (nSPS) is 21.2. The Morgan fingerprint density at radius 1 is 1.32 bits per heavy atom. The topological polar surface area (TPSA) is 68.7 Å². The highest BCUT2D eigenvalue weighted by atomic mass is 32.2. The smallest absolute Gasteiger partial charge is 0.309 e. The van der Waals surface area contributed by atoms with Crippen LogP contribution in [-0.4, -0.2) is 59.1 Å². The molecule has 136 valence electrons. The van der Waals surface area contributed by atoms with Gasteiger partial charge in [-0.05, 0) is 38.0 Å². The Balaban J connectivity index is 1.57. The van der Waals surface area contributed by atoms with E-state index in [1.807, 2.05) is 18.7 Å². The second-order valence-electron chi connectivity index (χ2n) is 6.30. The SMILES string of the molecule is CCOC(=O)C1CCN(C(=O)c2ccnc(O[C@@H]3CCSC3)c2)CC1. The van der Waals surface area contributed by atoms with Gasteiger partial charge in [0.2, 0.25) is 5.88 Å². The Morgan fingerprint density at radius 2 is 2.12 bits per heavy atom. The molecule has 6 nitrogen and oxygen atoms in total. The predicted octanol–water partition coefficient (Wildman–Crippen LogP) is 2.38. The molecule has 3 heterocycles. The van der Waals surface area contributed by atoms with E-state index >= 15 is 0 Å². The molecule has 0 aliphatic carbocycles. The molecule has 1 atom stereocenters. The summed E-state index contributed by atoms with van der Waals surface area (Å²) in [4.78, 5) is 30.5. The molecule has 0 unspecified atom stereocenters. The Bertz CT molecular complexity index is 611. The third-order valence-corrected chi connectivity index (χ3v) is 5.69. The molecule has 0 N–H and O–H groups in total. The van der Waals surface area contributed by atoms with Gasteiger partial charge in [-0.2, -0.15) is 11.8 Å². The zero-order chi connectivity index (χ0) is 17.6. The molecule has 2 aliphatic rings. The largest absolute Gasteiger partial charge is 0.473 e. The molecule has 0 bridgehead atoms. The second kappa shape index (κ2) is 8.56. The predicted molar refractivity (Wildman–Crippen MR) is 95.9 cm³/mol. The summed E-state index contributed by atoms with van der Waals surface area (Å²) in [7, 11) is 0. The number of esters is 1. The zero-order valence-corrected chi connectivity index (χ0v) is 15.3. The van der Waals surface area contributed by atoms with Crippen LogP contribution in [-0.2, 0) is 9.53 Å². The van der Waals surface area contributed by atoms with Crippen molar-refractivity contribution >= 4 is 23.6 Å². The first-order valence-electron chi connectivity index (χ1n) is 8.83. The number of carbonyl (C=O) groups excluding carboxylic acids is 2. The zero-order valence-electron chi connectivity index (χ0n) is 14.5. The fourth-order valence-electron chi connectivity index (χ4n) is 3.14. The van der Waals surface area contributed by atoms with Crippen molar-refractivity contribution in [3.8, 4) is 5.88 Å². The van der Waals surface area contributed by atoms with Crippen molar-refractivity contribution in [3.63, 3.8) is 0 Å². The maximum Gasteiger partial charge on any atom is 0.309 e. The second-order valence-corrected chi connectivity index (χ2v) is 7.45. The highest BCUT2D eigenvalue weighted by Gasteiger charge is 2.29. The number of pyridine rings is 1. The summed E-state index contributed by atoms with van der Waals surface area (Å²) < 4.78 is 10.9. The van der Waals surface area contributed by atoms with E-state index < -0.39 is 0 Å². The average Bonchev–Trinajstić information content (AvgIpc) is 3.15. The van der Waals surface area contributed by atoms with E-state index in [1.54, 1.807) is 23.2 Å². The summed E-state index contributed by atoms with van der Waals surface area (Å²) in [6, 6.07) is 3.44. The first-order valence-corrected chi connectivity index (χ1v) is 9.99. The van der Waals surface area contributed by atoms with Crippen molar-refractivity contribution in [2.24, 2.45) is 5.92 Å². The summed E-state index contributed by atoms with van der Waals surface area (Å²) in [6.07, 6.45) is 4.13. The molecule has 0 aromatic carbocycles. The van der Waals surface area contributed by atoms with Crippen LogP contribution in [0, 0.1) is 5.92 Å². The number of hydrogen-bond donors (Lipinski definition) is 0. The molecule has 3 rings (SSSR count). The molecular formula is C18H24N2O4S. The van der Waals surface area contributed by atoms with Crippen LogP contribution in [0.15, 0.2) is 18.3 Å². The van der Waals surface area contributed by atoms with E-state index in [-0.39, 0.29) is 23.9 Å². The molecule has 1 aromatic heterocycles. The maximum atomic E-state index is 12.7. The van der Waals surface area contributed by atoms with Crippen molar-refractivity contribution in [1.82, 2.24) is 9.88 Å². The van der Waals surface area contributed by atoms with Crippen LogP contribution in [0.3, 0.4) is 0 Å². The minimum absolute atomic E-state index is 0.0321. The third-order valence-electron chi connectivity index (χ3n) is 4.56. The summed E-state index contributed by atoms with van der Waals surface area (Å²) in [5.41, 5.74) is 0.588. The number of hydrogen-bond acceptors (Lipinski definition) is 6. The first kappa shape index (κ1) is 18.0. The van der Waals surface area contributed by atoms with Crippen LogP contribution in [0.1, 0.15) is 36.5 Å². The number of amides is 1. The van der Waals surface area contributed by atoms with Crippen LogP contribution in [0.2, 0.25) is 0 Å². The third kappa shape index (κ3) is 4.66. The van der Waals surface area contributed by atoms with Gasteiger partial charge in [0, 0.05) is 36.7 Å². The van der Waals surface area contributed by atoms with Gasteiger partial charge in [0.1, 0.15) is 6.10 Å². The van der Waals surface area contributed by atoms with E-state index in [2.05, 4.69) is 4.98 Å². The summed E-state index contributed by atoms with van der Waals surface area (Å²) in [6.45, 7) is 3.35. The fraction of sp³-hybridized carbons (Fsp3) is 0.611. The Labute approximate surface area is 152 Å². The molecule has 2 aliphatic heterocycles. The lowest BCUT2D eigenvalue weighted by atomic mass is 9.96.